The van der Waals surface area contributed by atoms with E-state index in [2.05, 4.69) is 60.8 Å². The van der Waals surface area contributed by atoms with Crippen LogP contribution in [0.4, 0.5) is 0 Å². The molecule has 2 aromatic carbocycles. The van der Waals surface area contributed by atoms with Gasteiger partial charge in [-0.25, -0.2) is 5.01 Å². The van der Waals surface area contributed by atoms with Crippen molar-refractivity contribution in [2.45, 2.75) is 125 Å². The van der Waals surface area contributed by atoms with Gasteiger partial charge < -0.3 is 14.0 Å². The topological polar surface area (TPSA) is 77.1 Å². The summed E-state index contributed by atoms with van der Waals surface area (Å²) in [6, 6.07) is 9.39. The van der Waals surface area contributed by atoms with Gasteiger partial charge in [-0.15, -0.1) is 0 Å². The van der Waals surface area contributed by atoms with Crippen molar-refractivity contribution >= 4 is 18.9 Å². The molecule has 1 aliphatic rings. The molecule has 0 aliphatic carbocycles. The molecule has 3 rings (SSSR count). The minimum atomic E-state index is -0.350. The van der Waals surface area contributed by atoms with Crippen molar-refractivity contribution in [1.82, 2.24) is 10.4 Å². The van der Waals surface area contributed by atoms with E-state index in [0.29, 0.717) is 16.9 Å². The van der Waals surface area contributed by atoms with Gasteiger partial charge in [-0.1, -0.05) is 63.8 Å². The van der Waals surface area contributed by atoms with Gasteiger partial charge in [0.25, 0.3) is 11.8 Å². The molecule has 0 aromatic heterocycles. The summed E-state index contributed by atoms with van der Waals surface area (Å²) in [5.41, 5.74) is 6.89. The van der Waals surface area contributed by atoms with Crippen LogP contribution in [0.1, 0.15) is 118 Å². The van der Waals surface area contributed by atoms with E-state index in [9.17, 15) is 9.59 Å². The highest BCUT2D eigenvalue weighted by atomic mass is 16.7. The van der Waals surface area contributed by atoms with Crippen molar-refractivity contribution in [3.8, 4) is 5.75 Å². The minimum Gasteiger partial charge on any atom is -0.496 e. The van der Waals surface area contributed by atoms with Crippen molar-refractivity contribution in [2.75, 3.05) is 7.11 Å². The van der Waals surface area contributed by atoms with Crippen LogP contribution in [0.5, 0.6) is 5.75 Å². The average Bonchev–Trinajstić information content (AvgIpc) is 3.10. The Balaban J connectivity index is 1.85. The van der Waals surface area contributed by atoms with Crippen LogP contribution < -0.4 is 10.2 Å². The third-order valence-electron chi connectivity index (χ3n) is 8.91. The molecule has 1 heterocycles. The molecule has 236 valence electrons. The van der Waals surface area contributed by atoms with Crippen LogP contribution >= 0.6 is 0 Å². The Hall–Kier alpha value is -2.84. The number of hydrazine groups is 1. The second-order valence-electron chi connectivity index (χ2n) is 14.2. The Labute approximate surface area is 260 Å². The van der Waals surface area contributed by atoms with E-state index in [-0.39, 0.29) is 41.6 Å². The first-order valence-electron chi connectivity index (χ1n) is 15.7. The number of rotatable bonds is 10. The third-order valence-corrected chi connectivity index (χ3v) is 8.91. The summed E-state index contributed by atoms with van der Waals surface area (Å²) >= 11 is 0. The van der Waals surface area contributed by atoms with E-state index in [1.54, 1.807) is 12.1 Å². The summed E-state index contributed by atoms with van der Waals surface area (Å²) in [7, 11) is 1.39. The third kappa shape index (κ3) is 8.01. The maximum atomic E-state index is 14.0. The number of aryl methyl sites for hydroxylation is 3. The molecule has 7 nitrogen and oxygen atoms in total. The maximum absolute atomic E-state index is 14.0. The molecule has 0 radical (unpaired) electrons. The van der Waals surface area contributed by atoms with Crippen molar-refractivity contribution < 1.29 is 23.6 Å². The Kier molecular flexibility index (Phi) is 10.8. The van der Waals surface area contributed by atoms with Gasteiger partial charge in [0.05, 0.1) is 24.4 Å². The van der Waals surface area contributed by atoms with Gasteiger partial charge in [0, 0.05) is 16.7 Å². The van der Waals surface area contributed by atoms with Crippen LogP contribution in [-0.4, -0.2) is 48.3 Å². The van der Waals surface area contributed by atoms with Gasteiger partial charge in [0.15, 0.2) is 0 Å². The number of amides is 2. The highest BCUT2D eigenvalue weighted by Crippen LogP contribution is 2.38. The summed E-state index contributed by atoms with van der Waals surface area (Å²) < 4.78 is 18.1. The average molecular weight is 593 g/mol. The molecule has 0 bridgehead atoms. The zero-order chi connectivity index (χ0) is 32.3. The van der Waals surface area contributed by atoms with Gasteiger partial charge in [-0.2, -0.15) is 0 Å². The monoisotopic (exact) mass is 592 g/mol. The highest BCUT2D eigenvalue weighted by Gasteiger charge is 2.50. The van der Waals surface area contributed by atoms with Gasteiger partial charge in [0.2, 0.25) is 0 Å². The summed E-state index contributed by atoms with van der Waals surface area (Å²) in [5.74, 6) is 0.148. The molecular formula is C35H53BN2O5. The zero-order valence-corrected chi connectivity index (χ0v) is 28.6. The number of nitrogens with one attached hydrogen (secondary N) is 1. The number of hydrogen-bond acceptors (Lipinski definition) is 5. The quantitative estimate of drug-likeness (QED) is 0.227. The van der Waals surface area contributed by atoms with Gasteiger partial charge in [0.1, 0.15) is 5.75 Å². The minimum absolute atomic E-state index is 0.203. The predicted molar refractivity (Wildman–Crippen MR) is 175 cm³/mol. The number of methoxy groups -OCH3 is 1. The molecule has 2 amide bonds. The fourth-order valence-electron chi connectivity index (χ4n) is 5.92. The van der Waals surface area contributed by atoms with Crippen molar-refractivity contribution in [1.29, 1.82) is 0 Å². The number of ether oxygens (including phenoxy) is 1. The smallest absolute Gasteiger partial charge is 0.457 e. The second kappa shape index (κ2) is 13.4. The summed E-state index contributed by atoms with van der Waals surface area (Å²) in [5, 5.41) is 1.56. The standard InChI is InChI=1S/C35H53BN2O5/c1-13-15-29(33(5,6)7)38(32(40)27-21-23(2)20-24(3)22-27)37-31(39)28-18-17-26(30(41-12)25(28)4)16-14-19-36-42-34(8,9)35(10,11)43-36/h17-18,20-22,29H,13-16,19H2,1-12H3,(H,37,39)/t29-/m1/s1. The largest absolute Gasteiger partial charge is 0.496 e. The molecule has 0 unspecified atom stereocenters. The number of carbonyl (C=O) groups is 2. The lowest BCUT2D eigenvalue weighted by molar-refractivity contribution is 0.00578. The van der Waals surface area contributed by atoms with E-state index < -0.39 is 0 Å². The summed E-state index contributed by atoms with van der Waals surface area (Å²) in [4.78, 5) is 27.9. The Morgan fingerprint density at radius 3 is 2.09 bits per heavy atom. The molecular weight excluding hydrogens is 539 g/mol. The van der Waals surface area contributed by atoms with Crippen molar-refractivity contribution in [3.05, 3.63) is 63.7 Å². The Morgan fingerprint density at radius 1 is 1.00 bits per heavy atom. The molecule has 0 spiro atoms. The number of nitrogens with zero attached hydrogens (tertiary/aromatic N) is 1. The SMILES string of the molecule is CCC[C@@H](N(NC(=O)c1ccc(CCCB2OC(C)(C)C(C)(C)O2)c(OC)c1C)C(=O)c1cc(C)cc(C)c1)C(C)(C)C. The summed E-state index contributed by atoms with van der Waals surface area (Å²) in [6.45, 7) is 22.5. The van der Waals surface area contributed by atoms with Gasteiger partial charge in [-0.3, -0.25) is 15.0 Å². The fourth-order valence-corrected chi connectivity index (χ4v) is 5.92. The maximum Gasteiger partial charge on any atom is 0.457 e. The molecule has 8 heteroatoms. The zero-order valence-electron chi connectivity index (χ0n) is 28.6. The molecule has 1 fully saturated rings. The van der Waals surface area contributed by atoms with E-state index in [1.807, 2.05) is 51.1 Å². The normalized spacial score (nSPS) is 16.6. The van der Waals surface area contributed by atoms with Crippen LogP contribution in [0, 0.1) is 26.2 Å². The molecule has 1 aliphatic heterocycles. The Bertz CT molecular complexity index is 1280. The number of benzene rings is 2. The van der Waals surface area contributed by atoms with Crippen LogP contribution in [0.25, 0.3) is 0 Å². The van der Waals surface area contributed by atoms with Crippen LogP contribution in [0.3, 0.4) is 0 Å². The van der Waals surface area contributed by atoms with Crippen LogP contribution in [-0.2, 0) is 15.7 Å². The van der Waals surface area contributed by atoms with Crippen LogP contribution in [0.2, 0.25) is 6.32 Å². The van der Waals surface area contributed by atoms with E-state index in [4.69, 9.17) is 14.0 Å². The van der Waals surface area contributed by atoms with E-state index in [0.717, 1.165) is 54.3 Å². The number of carbonyl (C=O) groups excluding carboxylic acids is 2. The first-order valence-corrected chi connectivity index (χ1v) is 15.7. The van der Waals surface area contributed by atoms with Gasteiger partial charge in [-0.05, 0) is 96.8 Å². The molecule has 1 saturated heterocycles. The van der Waals surface area contributed by atoms with Crippen molar-refractivity contribution in [3.63, 3.8) is 0 Å². The molecule has 1 N–H and O–H groups in total. The fraction of sp³-hybridized carbons (Fsp3) is 0.600. The molecule has 2 aromatic rings. The van der Waals surface area contributed by atoms with E-state index >= 15 is 0 Å². The second-order valence-corrected chi connectivity index (χ2v) is 14.2. The summed E-state index contributed by atoms with van der Waals surface area (Å²) in [6.07, 6.45) is 4.00. The molecule has 43 heavy (non-hydrogen) atoms. The van der Waals surface area contributed by atoms with E-state index in [1.165, 1.54) is 0 Å². The number of hydrogen-bond donors (Lipinski definition) is 1. The lowest BCUT2D eigenvalue weighted by atomic mass is 9.81. The van der Waals surface area contributed by atoms with Crippen molar-refractivity contribution in [2.24, 2.45) is 5.41 Å². The predicted octanol–water partition coefficient (Wildman–Crippen LogP) is 7.65. The lowest BCUT2D eigenvalue weighted by Crippen LogP contribution is -2.56. The molecule has 1 atom stereocenters. The lowest BCUT2D eigenvalue weighted by Gasteiger charge is -2.40. The molecule has 0 saturated carbocycles. The first kappa shape index (κ1) is 34.7. The highest BCUT2D eigenvalue weighted by molar-refractivity contribution is 6.45. The Morgan fingerprint density at radius 2 is 1.58 bits per heavy atom. The van der Waals surface area contributed by atoms with Gasteiger partial charge >= 0.3 is 7.12 Å². The first-order chi connectivity index (χ1) is 19.9. The van der Waals surface area contributed by atoms with Crippen LogP contribution in [0.15, 0.2) is 30.3 Å².